The Morgan fingerprint density at radius 2 is 2.07 bits per heavy atom. The zero-order valence-electron chi connectivity index (χ0n) is 16.9. The van der Waals surface area contributed by atoms with Gasteiger partial charge in [0.25, 0.3) is 0 Å². The lowest BCUT2D eigenvalue weighted by Gasteiger charge is -2.38. The Morgan fingerprint density at radius 3 is 2.77 bits per heavy atom. The van der Waals surface area contributed by atoms with Crippen LogP contribution in [-0.4, -0.2) is 61.4 Å². The number of hydrogen-bond donors (Lipinski definition) is 2. The molecule has 0 radical (unpaired) electrons. The molecule has 0 spiro atoms. The van der Waals surface area contributed by atoms with Gasteiger partial charge in [0.2, 0.25) is 0 Å². The molecular weight excluding hydrogens is 385 g/mol. The van der Waals surface area contributed by atoms with Crippen LogP contribution in [0.2, 0.25) is 0 Å². The third-order valence-electron chi connectivity index (χ3n) is 6.24. The number of aromatic hydroxyl groups is 1. The smallest absolute Gasteiger partial charge is 0.185 e. The summed E-state index contributed by atoms with van der Waals surface area (Å²) in [6.07, 6.45) is 6.91. The second-order valence-electron chi connectivity index (χ2n) is 8.18. The Bertz CT molecular complexity index is 1050. The van der Waals surface area contributed by atoms with Crippen molar-refractivity contribution in [3.05, 3.63) is 36.8 Å². The highest BCUT2D eigenvalue weighted by molar-refractivity contribution is 5.72. The molecule has 4 heterocycles. The van der Waals surface area contributed by atoms with Crippen LogP contribution < -0.4 is 10.2 Å². The predicted molar refractivity (Wildman–Crippen MR) is 111 cm³/mol. The van der Waals surface area contributed by atoms with Gasteiger partial charge in [-0.05, 0) is 37.0 Å². The van der Waals surface area contributed by atoms with Crippen molar-refractivity contribution >= 4 is 5.82 Å². The Balaban J connectivity index is 1.36. The Kier molecular flexibility index (Phi) is 4.62. The number of phenols is 1. The summed E-state index contributed by atoms with van der Waals surface area (Å²) in [5.74, 6) is 0.918. The van der Waals surface area contributed by atoms with Crippen LogP contribution in [0.5, 0.6) is 5.75 Å². The molecule has 1 aromatic carbocycles. The lowest BCUT2D eigenvalue weighted by Crippen LogP contribution is -2.55. The van der Waals surface area contributed by atoms with Gasteiger partial charge < -0.3 is 15.3 Å². The van der Waals surface area contributed by atoms with Gasteiger partial charge in [-0.15, -0.1) is 10.2 Å². The van der Waals surface area contributed by atoms with Crippen molar-refractivity contribution in [1.29, 1.82) is 0 Å². The molecule has 30 heavy (non-hydrogen) atoms. The number of benzene rings is 1. The fourth-order valence-corrected chi connectivity index (χ4v) is 4.54. The van der Waals surface area contributed by atoms with E-state index in [9.17, 15) is 9.50 Å². The molecule has 2 aromatic heterocycles. The first-order valence-electron chi connectivity index (χ1n) is 10.1. The molecule has 8 nitrogen and oxygen atoms in total. The van der Waals surface area contributed by atoms with Crippen molar-refractivity contribution in [2.24, 2.45) is 7.05 Å². The molecule has 3 aromatic rings. The molecule has 0 aliphatic carbocycles. The zero-order chi connectivity index (χ0) is 20.8. The minimum absolute atomic E-state index is 0.0676. The molecular formula is C21H24FN7O. The maximum atomic E-state index is 14.8. The molecule has 0 unspecified atom stereocenters. The highest BCUT2D eigenvalue weighted by Gasteiger charge is 2.43. The van der Waals surface area contributed by atoms with Crippen LogP contribution >= 0.6 is 0 Å². The number of hydrogen-bond acceptors (Lipinski definition) is 7. The van der Waals surface area contributed by atoms with Gasteiger partial charge in [-0.3, -0.25) is 4.68 Å². The van der Waals surface area contributed by atoms with E-state index in [1.807, 2.05) is 31.3 Å². The van der Waals surface area contributed by atoms with Gasteiger partial charge in [0, 0.05) is 37.9 Å². The first kappa shape index (κ1) is 18.9. The number of fused-ring (bicyclic) bond motifs is 2. The molecule has 9 heteroatoms. The van der Waals surface area contributed by atoms with E-state index in [0.717, 1.165) is 30.4 Å². The number of rotatable bonds is 4. The number of aryl methyl sites for hydroxylation is 1. The van der Waals surface area contributed by atoms with Crippen molar-refractivity contribution in [3.63, 3.8) is 0 Å². The summed E-state index contributed by atoms with van der Waals surface area (Å²) in [4.78, 5) is 6.22. The molecule has 2 aliphatic rings. The van der Waals surface area contributed by atoms with Crippen LogP contribution in [0.4, 0.5) is 10.2 Å². The number of piperidine rings is 1. The van der Waals surface area contributed by atoms with Crippen molar-refractivity contribution in [2.45, 2.75) is 43.6 Å². The Labute approximate surface area is 173 Å². The number of aromatic nitrogens is 5. The lowest BCUT2D eigenvalue weighted by molar-refractivity contribution is 0.176. The highest BCUT2D eigenvalue weighted by atomic mass is 19.1. The summed E-state index contributed by atoms with van der Waals surface area (Å²) in [5, 5.41) is 26.4. The van der Waals surface area contributed by atoms with E-state index in [2.05, 4.69) is 25.6 Å². The van der Waals surface area contributed by atoms with Crippen molar-refractivity contribution in [3.8, 4) is 28.3 Å². The van der Waals surface area contributed by atoms with Gasteiger partial charge in [-0.25, -0.2) is 9.37 Å². The van der Waals surface area contributed by atoms with Crippen molar-refractivity contribution in [1.82, 2.24) is 30.3 Å². The molecule has 2 fully saturated rings. The van der Waals surface area contributed by atoms with Crippen LogP contribution in [0.1, 0.15) is 19.3 Å². The summed E-state index contributed by atoms with van der Waals surface area (Å²) in [7, 11) is 3.68. The molecule has 156 valence electrons. The first-order valence-corrected chi connectivity index (χ1v) is 10.1. The maximum absolute atomic E-state index is 14.8. The summed E-state index contributed by atoms with van der Waals surface area (Å²) >= 11 is 0. The monoisotopic (exact) mass is 409 g/mol. The zero-order valence-corrected chi connectivity index (χ0v) is 16.9. The molecule has 5 rings (SSSR count). The van der Waals surface area contributed by atoms with Gasteiger partial charge in [-0.2, -0.15) is 5.10 Å². The second kappa shape index (κ2) is 7.32. The molecule has 2 saturated heterocycles. The van der Waals surface area contributed by atoms with Gasteiger partial charge in [0.05, 0.1) is 24.0 Å². The molecule has 2 bridgehead atoms. The fourth-order valence-electron chi connectivity index (χ4n) is 4.54. The fraction of sp³-hybridized carbons (Fsp3) is 0.429. The maximum Gasteiger partial charge on any atom is 0.185 e. The van der Waals surface area contributed by atoms with Crippen LogP contribution in [0, 0.1) is 0 Å². The van der Waals surface area contributed by atoms with E-state index in [4.69, 9.17) is 0 Å². The van der Waals surface area contributed by atoms with Crippen LogP contribution in [0.25, 0.3) is 22.5 Å². The minimum atomic E-state index is -0.945. The van der Waals surface area contributed by atoms with E-state index in [1.165, 1.54) is 0 Å². The number of phenolic OH excluding ortho intramolecular Hbond substituents is 1. The quantitative estimate of drug-likeness (QED) is 0.683. The van der Waals surface area contributed by atoms with E-state index in [-0.39, 0.29) is 17.8 Å². The summed E-state index contributed by atoms with van der Waals surface area (Å²) < 4.78 is 16.5. The van der Waals surface area contributed by atoms with E-state index >= 15 is 0 Å². The van der Waals surface area contributed by atoms with Crippen molar-refractivity contribution in [2.75, 3.05) is 11.9 Å². The van der Waals surface area contributed by atoms with Crippen LogP contribution in [0.3, 0.4) is 0 Å². The van der Waals surface area contributed by atoms with Gasteiger partial charge in [-0.1, -0.05) is 6.07 Å². The standard InChI is InChI=1S/C21H24FN7O/c1-28-11-13(9-24-28)12-3-5-15(18(30)7-12)21-23-10-19(26-27-21)29(2)17-8-14-4-6-16(25-14)20(17)22/h3,5,7,9-11,14,16-17,20,25,30H,4,6,8H2,1-2H3/t14-,16+,17+,20-/m1/s1. The normalized spacial score (nSPS) is 25.4. The average molecular weight is 409 g/mol. The van der Waals surface area contributed by atoms with Gasteiger partial charge >= 0.3 is 0 Å². The molecule has 0 amide bonds. The highest BCUT2D eigenvalue weighted by Crippen LogP contribution is 2.34. The topological polar surface area (TPSA) is 92.0 Å². The number of halogens is 1. The summed E-state index contributed by atoms with van der Waals surface area (Å²) in [5.41, 5.74) is 2.25. The number of nitrogens with zero attached hydrogens (tertiary/aromatic N) is 6. The Morgan fingerprint density at radius 1 is 1.20 bits per heavy atom. The number of alkyl halides is 1. The molecule has 4 atom stereocenters. The number of nitrogens with one attached hydrogen (secondary N) is 1. The Hall–Kier alpha value is -3.07. The third-order valence-corrected chi connectivity index (χ3v) is 6.24. The first-order chi connectivity index (χ1) is 14.5. The molecule has 0 saturated carbocycles. The molecule has 2 N–H and O–H groups in total. The summed E-state index contributed by atoms with van der Waals surface area (Å²) in [6.45, 7) is 0. The lowest BCUT2D eigenvalue weighted by atomic mass is 9.96. The SMILES string of the molecule is CN(c1cnc(-c2ccc(-c3cnn(C)c3)cc2O)nn1)[C@H]1C[C@H]2CC[C@H](N2)[C@H]1F. The van der Waals surface area contributed by atoms with Crippen LogP contribution in [0.15, 0.2) is 36.8 Å². The van der Waals surface area contributed by atoms with Crippen molar-refractivity contribution < 1.29 is 9.50 Å². The minimum Gasteiger partial charge on any atom is -0.507 e. The second-order valence-corrected chi connectivity index (χ2v) is 8.18. The average Bonchev–Trinajstić information content (AvgIpc) is 3.37. The van der Waals surface area contributed by atoms with Crippen LogP contribution in [-0.2, 0) is 7.05 Å². The van der Waals surface area contributed by atoms with E-state index < -0.39 is 6.17 Å². The molecule has 2 aliphatic heterocycles. The van der Waals surface area contributed by atoms with E-state index in [0.29, 0.717) is 23.2 Å². The third kappa shape index (κ3) is 3.28. The largest absolute Gasteiger partial charge is 0.507 e. The van der Waals surface area contributed by atoms with E-state index in [1.54, 1.807) is 29.2 Å². The van der Waals surface area contributed by atoms with Gasteiger partial charge in [0.1, 0.15) is 11.9 Å². The predicted octanol–water partition coefficient (Wildman–Crippen LogP) is 2.31. The summed E-state index contributed by atoms with van der Waals surface area (Å²) in [6, 6.07) is 5.36. The number of anilines is 1. The van der Waals surface area contributed by atoms with Gasteiger partial charge in [0.15, 0.2) is 11.6 Å².